The van der Waals surface area contributed by atoms with Crippen molar-refractivity contribution in [1.29, 1.82) is 5.26 Å². The number of benzene rings is 2. The van der Waals surface area contributed by atoms with Crippen molar-refractivity contribution in [3.05, 3.63) is 60.4 Å². The van der Waals surface area contributed by atoms with E-state index in [0.29, 0.717) is 5.56 Å². The van der Waals surface area contributed by atoms with Crippen LogP contribution in [-0.2, 0) is 0 Å². The molecule has 0 amide bonds. The van der Waals surface area contributed by atoms with Crippen LogP contribution in [0.25, 0.3) is 10.8 Å². The molecule has 1 N–H and O–H groups in total. The lowest BCUT2D eigenvalue weighted by Gasteiger charge is -2.12. The van der Waals surface area contributed by atoms with Crippen molar-refractivity contribution in [1.82, 2.24) is 4.98 Å². The van der Waals surface area contributed by atoms with Gasteiger partial charge in [-0.2, -0.15) is 5.26 Å². The van der Waals surface area contributed by atoms with Crippen molar-refractivity contribution in [2.24, 2.45) is 0 Å². The fourth-order valence-corrected chi connectivity index (χ4v) is 2.86. The van der Waals surface area contributed by atoms with Gasteiger partial charge in [0.2, 0.25) is 0 Å². The second kappa shape index (κ2) is 5.86. The summed E-state index contributed by atoms with van der Waals surface area (Å²) in [7, 11) is 0. The van der Waals surface area contributed by atoms with Gasteiger partial charge in [0.05, 0.1) is 11.3 Å². The molecule has 0 saturated carbocycles. The summed E-state index contributed by atoms with van der Waals surface area (Å²) in [5.74, 6) is 0. The average Bonchev–Trinajstić information content (AvgIpc) is 2.55. The molecule has 0 unspecified atom stereocenters. The first-order chi connectivity index (χ1) is 10.3. The molecule has 0 fully saturated rings. The van der Waals surface area contributed by atoms with Crippen LogP contribution in [0.3, 0.4) is 0 Å². The molecule has 1 aromatic heterocycles. The Hall–Kier alpha value is -2.51. The summed E-state index contributed by atoms with van der Waals surface area (Å²) in [5.41, 5.74) is 2.45. The molecule has 0 radical (unpaired) electrons. The molecule has 0 atom stereocenters. The first-order valence-corrected chi connectivity index (χ1v) is 7.73. The molecule has 3 nitrogen and oxygen atoms in total. The van der Waals surface area contributed by atoms with E-state index >= 15 is 0 Å². The molecule has 21 heavy (non-hydrogen) atoms. The van der Waals surface area contributed by atoms with Gasteiger partial charge in [0.1, 0.15) is 6.07 Å². The molecule has 102 valence electrons. The van der Waals surface area contributed by atoms with Crippen molar-refractivity contribution in [3.63, 3.8) is 0 Å². The number of pyridine rings is 1. The van der Waals surface area contributed by atoms with E-state index in [4.69, 9.17) is 0 Å². The van der Waals surface area contributed by atoms with Gasteiger partial charge in [0.15, 0.2) is 0 Å². The third kappa shape index (κ3) is 2.56. The smallest absolute Gasteiger partial charge is 0.103 e. The first-order valence-electron chi connectivity index (χ1n) is 6.50. The van der Waals surface area contributed by atoms with E-state index in [1.807, 2.05) is 54.9 Å². The fraction of sp³-hybridized carbons (Fsp3) is 0.0588. The highest BCUT2D eigenvalue weighted by Gasteiger charge is 2.09. The van der Waals surface area contributed by atoms with Crippen LogP contribution in [0.1, 0.15) is 5.56 Å². The van der Waals surface area contributed by atoms with Crippen LogP contribution < -0.4 is 5.32 Å². The number of nitriles is 1. The highest BCUT2D eigenvalue weighted by atomic mass is 32.2. The molecule has 0 aliphatic heterocycles. The number of fused-ring (bicyclic) bond motifs is 1. The number of hydrogen-bond donors (Lipinski definition) is 1. The summed E-state index contributed by atoms with van der Waals surface area (Å²) >= 11 is 1.57. The van der Waals surface area contributed by atoms with Crippen LogP contribution in [-0.4, -0.2) is 11.2 Å². The molecule has 0 spiro atoms. The Labute approximate surface area is 127 Å². The maximum Gasteiger partial charge on any atom is 0.103 e. The number of aromatic nitrogens is 1. The third-order valence-corrected chi connectivity index (χ3v) is 4.09. The molecule has 4 heteroatoms. The normalized spacial score (nSPS) is 10.3. The van der Waals surface area contributed by atoms with Gasteiger partial charge in [0, 0.05) is 28.4 Å². The topological polar surface area (TPSA) is 48.7 Å². The lowest BCUT2D eigenvalue weighted by molar-refractivity contribution is 1.35. The Balaban J connectivity index is 2.10. The zero-order valence-corrected chi connectivity index (χ0v) is 12.3. The van der Waals surface area contributed by atoms with Crippen LogP contribution in [0.4, 0.5) is 11.4 Å². The third-order valence-electron chi connectivity index (χ3n) is 3.31. The first kappa shape index (κ1) is 13.5. The molecule has 3 rings (SSSR count). The van der Waals surface area contributed by atoms with E-state index in [-0.39, 0.29) is 0 Å². The van der Waals surface area contributed by atoms with E-state index in [1.54, 1.807) is 18.0 Å². The molecular weight excluding hydrogens is 278 g/mol. The second-order valence-electron chi connectivity index (χ2n) is 4.52. The predicted molar refractivity (Wildman–Crippen MR) is 88.0 cm³/mol. The minimum atomic E-state index is 0.672. The number of thioether (sulfide) groups is 1. The van der Waals surface area contributed by atoms with Crippen LogP contribution in [0.5, 0.6) is 0 Å². The summed E-state index contributed by atoms with van der Waals surface area (Å²) in [6.07, 6.45) is 5.59. The molecule has 2 aromatic carbocycles. The van der Waals surface area contributed by atoms with E-state index in [9.17, 15) is 5.26 Å². The van der Waals surface area contributed by atoms with E-state index in [2.05, 4.69) is 16.4 Å². The Bertz CT molecular complexity index is 832. The van der Waals surface area contributed by atoms with Crippen molar-refractivity contribution < 1.29 is 0 Å². The molecule has 3 aromatic rings. The molecule has 0 aliphatic carbocycles. The summed E-state index contributed by atoms with van der Waals surface area (Å²) in [4.78, 5) is 5.16. The van der Waals surface area contributed by atoms with Crippen molar-refractivity contribution in [2.45, 2.75) is 4.90 Å². The number of rotatable bonds is 3. The van der Waals surface area contributed by atoms with Gasteiger partial charge in [-0.05, 0) is 35.9 Å². The standard InChI is InChI=1S/C17H13N3S/c1-21-17-7-3-6-15(13(17)10-18)20-16-5-2-4-12-8-9-19-11-14(12)16/h2-9,11,20H,1H3. The molecular formula is C17H13N3S. The summed E-state index contributed by atoms with van der Waals surface area (Å²) in [6, 6.07) is 16.1. The number of nitrogens with one attached hydrogen (secondary N) is 1. The zero-order valence-electron chi connectivity index (χ0n) is 11.5. The Morgan fingerprint density at radius 3 is 2.71 bits per heavy atom. The van der Waals surface area contributed by atoms with Crippen LogP contribution in [0.15, 0.2) is 59.8 Å². The number of hydrogen-bond acceptors (Lipinski definition) is 4. The largest absolute Gasteiger partial charge is 0.354 e. The minimum absolute atomic E-state index is 0.672. The average molecular weight is 291 g/mol. The Kier molecular flexibility index (Phi) is 3.76. The van der Waals surface area contributed by atoms with Crippen LogP contribution >= 0.6 is 11.8 Å². The maximum absolute atomic E-state index is 9.41. The molecule has 1 heterocycles. The summed E-state index contributed by atoms with van der Waals surface area (Å²) in [6.45, 7) is 0. The molecule has 0 saturated heterocycles. The van der Waals surface area contributed by atoms with E-state index < -0.39 is 0 Å². The minimum Gasteiger partial charge on any atom is -0.354 e. The lowest BCUT2D eigenvalue weighted by Crippen LogP contribution is -1.96. The Morgan fingerprint density at radius 1 is 1.10 bits per heavy atom. The fourth-order valence-electron chi connectivity index (χ4n) is 2.29. The van der Waals surface area contributed by atoms with Gasteiger partial charge in [0.25, 0.3) is 0 Å². The second-order valence-corrected chi connectivity index (χ2v) is 5.37. The van der Waals surface area contributed by atoms with Crippen molar-refractivity contribution in [3.8, 4) is 6.07 Å². The maximum atomic E-state index is 9.41. The van der Waals surface area contributed by atoms with Crippen molar-refractivity contribution in [2.75, 3.05) is 11.6 Å². The van der Waals surface area contributed by atoms with Gasteiger partial charge in [-0.1, -0.05) is 18.2 Å². The SMILES string of the molecule is CSc1cccc(Nc2cccc3ccncc23)c1C#N. The van der Waals surface area contributed by atoms with Gasteiger partial charge in [-0.25, -0.2) is 0 Å². The quantitative estimate of drug-likeness (QED) is 0.718. The monoisotopic (exact) mass is 291 g/mol. The Morgan fingerprint density at radius 2 is 1.90 bits per heavy atom. The van der Waals surface area contributed by atoms with Crippen LogP contribution in [0, 0.1) is 11.3 Å². The number of anilines is 2. The zero-order chi connectivity index (χ0) is 14.7. The van der Waals surface area contributed by atoms with Gasteiger partial charge in [-0.15, -0.1) is 11.8 Å². The summed E-state index contributed by atoms with van der Waals surface area (Å²) < 4.78 is 0. The van der Waals surface area contributed by atoms with Crippen LogP contribution in [0.2, 0.25) is 0 Å². The molecule has 0 aliphatic rings. The van der Waals surface area contributed by atoms with Gasteiger partial charge >= 0.3 is 0 Å². The molecule has 0 bridgehead atoms. The van der Waals surface area contributed by atoms with Gasteiger partial charge < -0.3 is 5.32 Å². The van der Waals surface area contributed by atoms with Gasteiger partial charge in [-0.3, -0.25) is 4.98 Å². The lowest BCUT2D eigenvalue weighted by atomic mass is 10.1. The highest BCUT2D eigenvalue weighted by molar-refractivity contribution is 7.98. The van der Waals surface area contributed by atoms with Crippen molar-refractivity contribution >= 4 is 33.9 Å². The number of nitrogens with zero attached hydrogens (tertiary/aromatic N) is 2. The van der Waals surface area contributed by atoms with E-state index in [0.717, 1.165) is 27.0 Å². The predicted octanol–water partition coefficient (Wildman–Crippen LogP) is 4.57. The summed E-state index contributed by atoms with van der Waals surface area (Å²) in [5, 5.41) is 14.9. The highest BCUT2D eigenvalue weighted by Crippen LogP contribution is 2.31. The van der Waals surface area contributed by atoms with E-state index in [1.165, 1.54) is 0 Å².